The van der Waals surface area contributed by atoms with Crippen LogP contribution in [-0.2, 0) is 10.1 Å². The number of hydrogen-bond donors (Lipinski definition) is 0. The summed E-state index contributed by atoms with van der Waals surface area (Å²) >= 11 is 0. The molecule has 0 heterocycles. The molecule has 0 atom stereocenters. The Morgan fingerprint density at radius 3 is 2.00 bits per heavy atom. The predicted molar refractivity (Wildman–Crippen MR) is 29.5 cm³/mol. The summed E-state index contributed by atoms with van der Waals surface area (Å²) < 4.78 is 29.5. The molecular formula is C4H9O3RbS. The van der Waals surface area contributed by atoms with Gasteiger partial charge in [-0.25, -0.2) is 8.42 Å². The van der Waals surface area contributed by atoms with E-state index in [0.29, 0.717) is 6.42 Å². The van der Waals surface area contributed by atoms with Crippen LogP contribution in [0, 0.1) is 0 Å². The van der Waals surface area contributed by atoms with Gasteiger partial charge in [-0.05, 0) is 6.42 Å². The number of hydrogen-bond acceptors (Lipinski definition) is 3. The largest absolute Gasteiger partial charge is 1.00 e. The van der Waals surface area contributed by atoms with Crippen molar-refractivity contribution in [2.24, 2.45) is 0 Å². The molecule has 0 saturated carbocycles. The van der Waals surface area contributed by atoms with Crippen LogP contribution in [-0.4, -0.2) is 18.7 Å². The summed E-state index contributed by atoms with van der Waals surface area (Å²) in [5, 5.41) is 0. The average molecular weight is 223 g/mol. The molecular weight excluding hydrogens is 214 g/mol. The second-order valence-corrected chi connectivity index (χ2v) is 3.14. The van der Waals surface area contributed by atoms with E-state index < -0.39 is 10.1 Å². The summed E-state index contributed by atoms with van der Waals surface area (Å²) in [5.41, 5.74) is 0. The Labute approximate surface area is 105 Å². The minimum absolute atomic E-state index is 0. The number of unbranched alkanes of at least 4 members (excludes halogenated alkanes) is 1. The van der Waals surface area contributed by atoms with E-state index in [-0.39, 0.29) is 63.9 Å². The molecule has 0 aromatic carbocycles. The van der Waals surface area contributed by atoms with E-state index in [1.807, 2.05) is 6.92 Å². The van der Waals surface area contributed by atoms with E-state index in [4.69, 9.17) is 0 Å². The first-order valence-electron chi connectivity index (χ1n) is 2.50. The first-order chi connectivity index (χ1) is 3.56. The van der Waals surface area contributed by atoms with Crippen LogP contribution in [0.25, 0.3) is 0 Å². The van der Waals surface area contributed by atoms with Crippen molar-refractivity contribution in [2.75, 3.05) is 5.75 Å². The van der Waals surface area contributed by atoms with Crippen molar-refractivity contribution < 1.29 is 71.2 Å². The van der Waals surface area contributed by atoms with Gasteiger partial charge in [0.25, 0.3) is 0 Å². The Morgan fingerprint density at radius 1 is 1.44 bits per heavy atom. The van der Waals surface area contributed by atoms with Crippen LogP contribution in [0.4, 0.5) is 0 Å². The van der Waals surface area contributed by atoms with Crippen molar-refractivity contribution in [3.05, 3.63) is 0 Å². The molecule has 0 aromatic heterocycles. The van der Waals surface area contributed by atoms with Gasteiger partial charge in [0.05, 0.1) is 10.1 Å². The van der Waals surface area contributed by atoms with E-state index in [1.165, 1.54) is 0 Å². The summed E-state index contributed by atoms with van der Waals surface area (Å²) in [6.07, 6.45) is 1.23. The second-order valence-electron chi connectivity index (χ2n) is 1.62. The van der Waals surface area contributed by atoms with Crippen molar-refractivity contribution in [1.82, 2.24) is 0 Å². The van der Waals surface area contributed by atoms with Crippen LogP contribution in [0.5, 0.6) is 0 Å². The van der Waals surface area contributed by atoms with Crippen molar-refractivity contribution in [1.29, 1.82) is 0 Å². The maximum Gasteiger partial charge on any atom is 1.00 e. The van der Waals surface area contributed by atoms with E-state index in [9.17, 15) is 13.0 Å². The molecule has 0 aliphatic carbocycles. The zero-order chi connectivity index (χ0) is 6.62. The van der Waals surface area contributed by atoms with Gasteiger partial charge in [-0.15, -0.1) is 0 Å². The minimum atomic E-state index is -3.94. The first-order valence-corrected chi connectivity index (χ1v) is 4.07. The van der Waals surface area contributed by atoms with Gasteiger partial charge in [0, 0.05) is 5.75 Å². The molecule has 0 aliphatic heterocycles. The molecule has 0 fully saturated rings. The third-order valence-electron chi connectivity index (χ3n) is 0.748. The minimum Gasteiger partial charge on any atom is -0.748 e. The van der Waals surface area contributed by atoms with Gasteiger partial charge in [-0.1, -0.05) is 13.3 Å². The zero-order valence-electron chi connectivity index (χ0n) is 5.75. The van der Waals surface area contributed by atoms with E-state index in [1.54, 1.807) is 0 Å². The van der Waals surface area contributed by atoms with Crippen molar-refractivity contribution in [3.63, 3.8) is 0 Å². The van der Waals surface area contributed by atoms with Gasteiger partial charge in [0.15, 0.2) is 0 Å². The maximum atomic E-state index is 9.83. The topological polar surface area (TPSA) is 57.2 Å². The van der Waals surface area contributed by atoms with E-state index >= 15 is 0 Å². The summed E-state index contributed by atoms with van der Waals surface area (Å²) in [6.45, 7) is 1.84. The molecule has 0 saturated heterocycles. The van der Waals surface area contributed by atoms with Crippen molar-refractivity contribution in [2.45, 2.75) is 19.8 Å². The zero-order valence-corrected chi connectivity index (χ0v) is 11.5. The smallest absolute Gasteiger partial charge is 0.748 e. The molecule has 0 aliphatic rings. The maximum absolute atomic E-state index is 9.83. The first kappa shape index (κ1) is 13.3. The van der Waals surface area contributed by atoms with Gasteiger partial charge >= 0.3 is 58.2 Å². The summed E-state index contributed by atoms with van der Waals surface area (Å²) in [4.78, 5) is 0. The Hall–Kier alpha value is 1.72. The molecule has 0 amide bonds. The van der Waals surface area contributed by atoms with Crippen LogP contribution in [0.1, 0.15) is 19.8 Å². The molecule has 0 aromatic rings. The summed E-state index contributed by atoms with van der Waals surface area (Å²) in [6, 6.07) is 0. The van der Waals surface area contributed by atoms with Crippen LogP contribution >= 0.6 is 0 Å². The molecule has 0 bridgehead atoms. The summed E-state index contributed by atoms with van der Waals surface area (Å²) in [7, 11) is -3.94. The van der Waals surface area contributed by atoms with Crippen molar-refractivity contribution >= 4 is 10.1 Å². The normalized spacial score (nSPS) is 10.4. The molecule has 5 heteroatoms. The molecule has 3 nitrogen and oxygen atoms in total. The van der Waals surface area contributed by atoms with Gasteiger partial charge < -0.3 is 4.55 Å². The molecule has 0 N–H and O–H groups in total. The second kappa shape index (κ2) is 6.43. The van der Waals surface area contributed by atoms with Crippen LogP contribution in [0.15, 0.2) is 0 Å². The van der Waals surface area contributed by atoms with Gasteiger partial charge in [0.2, 0.25) is 0 Å². The average Bonchev–Trinajstić information content (AvgIpc) is 1.59. The molecule has 0 unspecified atom stereocenters. The van der Waals surface area contributed by atoms with Crippen molar-refractivity contribution in [3.8, 4) is 0 Å². The van der Waals surface area contributed by atoms with E-state index in [2.05, 4.69) is 0 Å². The Bertz CT molecular complexity index is 140. The molecule has 9 heavy (non-hydrogen) atoms. The van der Waals surface area contributed by atoms with E-state index in [0.717, 1.165) is 6.42 Å². The Kier molecular flexibility index (Phi) is 9.51. The SMILES string of the molecule is CCCCS(=O)(=O)[O-].[Rb+]. The standard InChI is InChI=1S/C4H10O3S.Rb/c1-2-3-4-8(5,6)7;/h2-4H2,1H3,(H,5,6,7);/q;+1/p-1. The molecule has 50 valence electrons. The van der Waals surface area contributed by atoms with Crippen LogP contribution in [0.2, 0.25) is 0 Å². The fraction of sp³-hybridized carbons (Fsp3) is 1.00. The monoisotopic (exact) mass is 222 g/mol. The van der Waals surface area contributed by atoms with Gasteiger partial charge in [-0.2, -0.15) is 0 Å². The molecule has 0 rings (SSSR count). The quantitative estimate of drug-likeness (QED) is 0.490. The van der Waals surface area contributed by atoms with Gasteiger partial charge in [0.1, 0.15) is 0 Å². The molecule has 0 radical (unpaired) electrons. The van der Waals surface area contributed by atoms with Crippen LogP contribution < -0.4 is 58.2 Å². The molecule has 0 spiro atoms. The third-order valence-corrected chi connectivity index (χ3v) is 1.54. The Morgan fingerprint density at radius 2 is 1.89 bits per heavy atom. The van der Waals surface area contributed by atoms with Crippen LogP contribution in [0.3, 0.4) is 0 Å². The summed E-state index contributed by atoms with van der Waals surface area (Å²) in [5.74, 6) is -0.219. The van der Waals surface area contributed by atoms with Gasteiger partial charge in [-0.3, -0.25) is 0 Å². The fourth-order valence-electron chi connectivity index (χ4n) is 0.321. The fourth-order valence-corrected chi connectivity index (χ4v) is 0.963. The Balaban J connectivity index is 0. The third kappa shape index (κ3) is 12.8. The number of rotatable bonds is 3. The predicted octanol–water partition coefficient (Wildman–Crippen LogP) is -2.66.